The zero-order chi connectivity index (χ0) is 21.2. The lowest BCUT2D eigenvalue weighted by Gasteiger charge is -2.51. The lowest BCUT2D eigenvalue weighted by atomic mass is 9.61. The number of carbonyl (C=O) groups is 1. The lowest BCUT2D eigenvalue weighted by Crippen LogP contribution is -2.54. The number of piperidine rings is 1. The van der Waals surface area contributed by atoms with Gasteiger partial charge in [0.1, 0.15) is 11.6 Å². The first-order chi connectivity index (χ1) is 13.7. The molecule has 3 atom stereocenters. The van der Waals surface area contributed by atoms with Gasteiger partial charge >= 0.3 is 0 Å². The monoisotopic (exact) mass is 398 g/mol. The Hall–Kier alpha value is -2.40. The van der Waals surface area contributed by atoms with E-state index in [4.69, 9.17) is 0 Å². The molecule has 1 aliphatic rings. The molecule has 1 saturated heterocycles. The van der Waals surface area contributed by atoms with Crippen molar-refractivity contribution in [3.63, 3.8) is 0 Å². The molecule has 0 spiro atoms. The summed E-state index contributed by atoms with van der Waals surface area (Å²) >= 11 is 0. The van der Waals surface area contributed by atoms with E-state index in [0.29, 0.717) is 24.1 Å². The van der Waals surface area contributed by atoms with Crippen LogP contribution in [0.5, 0.6) is 5.75 Å². The molecule has 2 unspecified atom stereocenters. The van der Waals surface area contributed by atoms with Gasteiger partial charge < -0.3 is 15.3 Å². The minimum Gasteiger partial charge on any atom is -0.508 e. The number of carbonyl (C=O) groups excluding carboxylic acids is 1. The average molecular weight is 399 g/mol. The molecule has 1 fully saturated rings. The number of amides is 1. The summed E-state index contributed by atoms with van der Waals surface area (Å²) in [4.78, 5) is 14.8. The van der Waals surface area contributed by atoms with E-state index in [0.717, 1.165) is 24.9 Å². The third-order valence-electron chi connectivity index (χ3n) is 6.92. The molecule has 0 aromatic heterocycles. The predicted octanol–water partition coefficient (Wildman–Crippen LogP) is 4.26. The molecular formula is C24H31FN2O2. The maximum atomic E-state index is 13.1. The highest BCUT2D eigenvalue weighted by Gasteiger charge is 2.45. The Balaban J connectivity index is 1.83. The van der Waals surface area contributed by atoms with Crippen LogP contribution in [0.1, 0.15) is 48.2 Å². The minimum atomic E-state index is -0.353. The Kier molecular flexibility index (Phi) is 6.27. The van der Waals surface area contributed by atoms with E-state index in [1.165, 1.54) is 29.8 Å². The van der Waals surface area contributed by atoms with Crippen LogP contribution in [0.15, 0.2) is 42.5 Å². The second-order valence-electron chi connectivity index (χ2n) is 8.43. The van der Waals surface area contributed by atoms with Crippen molar-refractivity contribution >= 4 is 5.91 Å². The smallest absolute Gasteiger partial charge is 0.251 e. The van der Waals surface area contributed by atoms with Crippen molar-refractivity contribution < 1.29 is 14.3 Å². The molecule has 1 aliphatic heterocycles. The normalized spacial score (nSPS) is 25.0. The van der Waals surface area contributed by atoms with Gasteiger partial charge in [-0.05, 0) is 93.7 Å². The van der Waals surface area contributed by atoms with E-state index >= 15 is 0 Å². The number of hydrogen-bond acceptors (Lipinski definition) is 3. The Morgan fingerprint density at radius 1 is 1.24 bits per heavy atom. The third-order valence-corrected chi connectivity index (χ3v) is 6.92. The van der Waals surface area contributed by atoms with E-state index in [9.17, 15) is 14.3 Å². The first kappa shape index (κ1) is 21.3. The zero-order valence-electron chi connectivity index (χ0n) is 17.7. The average Bonchev–Trinajstić information content (AvgIpc) is 2.70. The number of rotatable bonds is 5. The van der Waals surface area contributed by atoms with Crippen molar-refractivity contribution in [1.29, 1.82) is 0 Å². The zero-order valence-corrected chi connectivity index (χ0v) is 17.7. The molecule has 2 N–H and O–H groups in total. The standard InChI is InChI=1S/C24H31FN2O2/c1-16-5-10-21(28)15-22(16)24(12-14-27(4)18(3)17(24)2)11-13-26-23(29)19-6-8-20(25)9-7-19/h5-10,15,17-18,28H,11-14H2,1-4H3,(H,26,29)/t17-,18?,24?/m0/s1. The molecule has 0 radical (unpaired) electrons. The highest BCUT2D eigenvalue weighted by molar-refractivity contribution is 5.94. The van der Waals surface area contributed by atoms with Crippen molar-refractivity contribution in [3.05, 3.63) is 65.0 Å². The first-order valence-electron chi connectivity index (χ1n) is 10.3. The molecule has 0 saturated carbocycles. The third kappa shape index (κ3) is 4.30. The minimum absolute atomic E-state index is 0.134. The quantitative estimate of drug-likeness (QED) is 0.791. The Labute approximate surface area is 172 Å². The van der Waals surface area contributed by atoms with Crippen molar-refractivity contribution in [2.24, 2.45) is 5.92 Å². The highest BCUT2D eigenvalue weighted by atomic mass is 19.1. The van der Waals surface area contributed by atoms with E-state index < -0.39 is 0 Å². The SMILES string of the molecule is Cc1ccc(O)cc1C1(CCNC(=O)c2ccc(F)cc2)CCN(C)C(C)[C@@H]1C. The van der Waals surface area contributed by atoms with Crippen molar-refractivity contribution in [2.75, 3.05) is 20.1 Å². The van der Waals surface area contributed by atoms with Crippen LogP contribution >= 0.6 is 0 Å². The Morgan fingerprint density at radius 2 is 1.93 bits per heavy atom. The van der Waals surface area contributed by atoms with Crippen molar-refractivity contribution in [1.82, 2.24) is 10.2 Å². The predicted molar refractivity (Wildman–Crippen MR) is 114 cm³/mol. The number of benzene rings is 2. The van der Waals surface area contributed by atoms with Crippen LogP contribution in [0.2, 0.25) is 0 Å². The van der Waals surface area contributed by atoms with Gasteiger partial charge in [-0.1, -0.05) is 13.0 Å². The van der Waals surface area contributed by atoms with E-state index in [2.05, 4.69) is 38.0 Å². The second-order valence-corrected chi connectivity index (χ2v) is 8.43. The Bertz CT molecular complexity index is 868. The summed E-state index contributed by atoms with van der Waals surface area (Å²) < 4.78 is 13.1. The van der Waals surface area contributed by atoms with Crippen LogP contribution in [0.25, 0.3) is 0 Å². The number of aromatic hydroxyl groups is 1. The van der Waals surface area contributed by atoms with Crippen LogP contribution in [-0.2, 0) is 5.41 Å². The number of phenols is 1. The summed E-state index contributed by atoms with van der Waals surface area (Å²) in [7, 11) is 2.15. The van der Waals surface area contributed by atoms with Gasteiger partial charge in [0.05, 0.1) is 0 Å². The molecule has 156 valence electrons. The highest BCUT2D eigenvalue weighted by Crippen LogP contribution is 2.46. The fourth-order valence-electron chi connectivity index (χ4n) is 4.77. The molecule has 3 rings (SSSR count). The maximum absolute atomic E-state index is 13.1. The number of aryl methyl sites for hydroxylation is 1. The van der Waals surface area contributed by atoms with Gasteiger partial charge in [0.15, 0.2) is 0 Å². The summed E-state index contributed by atoms with van der Waals surface area (Å²) in [5, 5.41) is 13.2. The molecule has 2 aromatic rings. The molecule has 2 aromatic carbocycles. The van der Waals surface area contributed by atoms with Gasteiger partial charge in [-0.15, -0.1) is 0 Å². The van der Waals surface area contributed by atoms with Gasteiger partial charge in [0.2, 0.25) is 0 Å². The molecule has 1 amide bonds. The molecule has 1 heterocycles. The van der Waals surface area contributed by atoms with Crippen LogP contribution in [0.3, 0.4) is 0 Å². The molecule has 0 aliphatic carbocycles. The molecule has 4 nitrogen and oxygen atoms in total. The number of halogens is 1. The summed E-state index contributed by atoms with van der Waals surface area (Å²) in [6, 6.07) is 11.6. The summed E-state index contributed by atoms with van der Waals surface area (Å²) in [5.41, 5.74) is 2.65. The van der Waals surface area contributed by atoms with Gasteiger partial charge in [0, 0.05) is 23.6 Å². The van der Waals surface area contributed by atoms with Gasteiger partial charge in [-0.3, -0.25) is 4.79 Å². The Morgan fingerprint density at radius 3 is 2.62 bits per heavy atom. The molecule has 5 heteroatoms. The van der Waals surface area contributed by atoms with Crippen molar-refractivity contribution in [3.8, 4) is 5.75 Å². The van der Waals surface area contributed by atoms with Crippen LogP contribution in [-0.4, -0.2) is 42.1 Å². The van der Waals surface area contributed by atoms with Crippen LogP contribution in [0.4, 0.5) is 4.39 Å². The number of hydrogen-bond donors (Lipinski definition) is 2. The number of phenolic OH excluding ortho intramolecular Hbond substituents is 1. The van der Waals surface area contributed by atoms with E-state index in [1.54, 1.807) is 6.07 Å². The van der Waals surface area contributed by atoms with E-state index in [-0.39, 0.29) is 22.9 Å². The fourth-order valence-corrected chi connectivity index (χ4v) is 4.77. The van der Waals surface area contributed by atoms with Gasteiger partial charge in [-0.25, -0.2) is 4.39 Å². The van der Waals surface area contributed by atoms with Gasteiger partial charge in [0.25, 0.3) is 5.91 Å². The molecule has 29 heavy (non-hydrogen) atoms. The number of nitrogens with one attached hydrogen (secondary N) is 1. The maximum Gasteiger partial charge on any atom is 0.251 e. The summed E-state index contributed by atoms with van der Waals surface area (Å²) in [6.07, 6.45) is 1.75. The largest absolute Gasteiger partial charge is 0.508 e. The van der Waals surface area contributed by atoms with Crippen LogP contribution in [0, 0.1) is 18.7 Å². The van der Waals surface area contributed by atoms with Crippen LogP contribution < -0.4 is 5.32 Å². The fraction of sp³-hybridized carbons (Fsp3) is 0.458. The van der Waals surface area contributed by atoms with Crippen molar-refractivity contribution in [2.45, 2.75) is 45.1 Å². The van der Waals surface area contributed by atoms with E-state index in [1.807, 2.05) is 12.1 Å². The topological polar surface area (TPSA) is 52.6 Å². The summed E-state index contributed by atoms with van der Waals surface area (Å²) in [6.45, 7) is 8.08. The molecule has 0 bridgehead atoms. The second kappa shape index (κ2) is 8.54. The first-order valence-corrected chi connectivity index (χ1v) is 10.3. The number of nitrogens with zero attached hydrogens (tertiary/aromatic N) is 1. The molecular weight excluding hydrogens is 367 g/mol. The summed E-state index contributed by atoms with van der Waals surface area (Å²) in [5.74, 6) is 0.0824. The van der Waals surface area contributed by atoms with Gasteiger partial charge in [-0.2, -0.15) is 0 Å². The number of likely N-dealkylation sites (tertiary alicyclic amines) is 1. The lowest BCUT2D eigenvalue weighted by molar-refractivity contribution is 0.0574.